The van der Waals surface area contributed by atoms with Gasteiger partial charge in [-0.2, -0.15) is 9.67 Å². The first-order chi connectivity index (χ1) is 35.2. The summed E-state index contributed by atoms with van der Waals surface area (Å²) in [5.41, 5.74) is 6.26. The van der Waals surface area contributed by atoms with Gasteiger partial charge in [0.25, 0.3) is 0 Å². The smallest absolute Gasteiger partial charge is 0.243 e. The van der Waals surface area contributed by atoms with Gasteiger partial charge >= 0.3 is 0 Å². The molecule has 0 fully saturated rings. The van der Waals surface area contributed by atoms with Crippen LogP contribution >= 0.6 is 0 Å². The molecule has 8 aromatic rings. The third kappa shape index (κ3) is 19.9. The summed E-state index contributed by atoms with van der Waals surface area (Å²) in [5, 5.41) is 7.84. The van der Waals surface area contributed by atoms with Crippen molar-refractivity contribution in [3.05, 3.63) is 199 Å². The van der Waals surface area contributed by atoms with Gasteiger partial charge in [-0.3, -0.25) is 5.01 Å². The van der Waals surface area contributed by atoms with E-state index in [1.165, 1.54) is 85.8 Å². The molecule has 0 saturated carbocycles. The predicted octanol–water partition coefficient (Wildman–Crippen LogP) is 7.75. The van der Waals surface area contributed by atoms with Gasteiger partial charge in [0.2, 0.25) is 18.2 Å². The summed E-state index contributed by atoms with van der Waals surface area (Å²) in [6.07, 6.45) is 24.5. The lowest BCUT2D eigenvalue weighted by Gasteiger charge is -2.12. The van der Waals surface area contributed by atoms with Gasteiger partial charge in [-0.15, -0.1) is 0 Å². The van der Waals surface area contributed by atoms with Crippen LogP contribution < -0.4 is 18.7 Å². The second-order valence-electron chi connectivity index (χ2n) is 17.7. The minimum absolute atomic E-state index is 0.178. The standard InChI is InChI=1S/C34H44N7.3C7H8O3S/c1-36-24-25-38(29-36)20-12-13-21-40-27-26-39(30-40)19-10-3-4-11-22-41-23-18-31(33-16-8-9-17-34(33)41)28-35-37(2)32-14-6-5-7-15-32;3*1-6-2-4-7(5-3-6)11(8,9)10/h5-9,14-18,23-30H,3-4,10-13,19-22H2,1-2H3;3*2-5H,1H3,(H,8,9,10)/q+3;;;/p-3. The van der Waals surface area contributed by atoms with Gasteiger partial charge < -0.3 is 13.7 Å². The maximum absolute atomic E-state index is 10.4. The number of nitrogens with zero attached hydrogens (tertiary/aromatic N) is 7. The minimum atomic E-state index is -4.27. The van der Waals surface area contributed by atoms with Crippen molar-refractivity contribution in [2.24, 2.45) is 12.1 Å². The molecule has 0 radical (unpaired) electrons. The summed E-state index contributed by atoms with van der Waals surface area (Å²) in [7, 11) is -8.76. The number of rotatable bonds is 18. The van der Waals surface area contributed by atoms with Crippen molar-refractivity contribution in [1.29, 1.82) is 0 Å². The summed E-state index contributed by atoms with van der Waals surface area (Å²) in [6, 6.07) is 38.4. The van der Waals surface area contributed by atoms with E-state index in [1.807, 2.05) is 57.2 Å². The zero-order valence-corrected chi connectivity index (χ0v) is 44.9. The van der Waals surface area contributed by atoms with E-state index in [9.17, 15) is 38.9 Å². The van der Waals surface area contributed by atoms with E-state index in [0.717, 1.165) is 54.1 Å². The molecule has 0 spiro atoms. The van der Waals surface area contributed by atoms with Crippen molar-refractivity contribution < 1.29 is 52.6 Å². The summed E-state index contributed by atoms with van der Waals surface area (Å²) < 4.78 is 105. The van der Waals surface area contributed by atoms with E-state index in [-0.39, 0.29) is 14.7 Å². The molecule has 0 atom stereocenters. The van der Waals surface area contributed by atoms with E-state index >= 15 is 0 Å². The zero-order valence-electron chi connectivity index (χ0n) is 42.4. The van der Waals surface area contributed by atoms with Crippen LogP contribution in [0.1, 0.15) is 60.8 Å². The quantitative estimate of drug-likeness (QED) is 0.0268. The largest absolute Gasteiger partial charge is 0.744 e. The van der Waals surface area contributed by atoms with Crippen LogP contribution in [0.3, 0.4) is 0 Å². The molecule has 19 heteroatoms. The summed E-state index contributed by atoms with van der Waals surface area (Å²) in [6.45, 7) is 9.76. The van der Waals surface area contributed by atoms with E-state index in [0.29, 0.717) is 0 Å². The fourth-order valence-electron chi connectivity index (χ4n) is 7.45. The monoisotopic (exact) mass is 1060 g/mol. The molecule has 5 aromatic carbocycles. The molecule has 3 heterocycles. The Hall–Kier alpha value is -6.87. The average Bonchev–Trinajstić information content (AvgIpc) is 4.01. The van der Waals surface area contributed by atoms with Crippen LogP contribution in [0, 0.1) is 20.8 Å². The highest BCUT2D eigenvalue weighted by atomic mass is 32.2. The normalized spacial score (nSPS) is 11.5. The molecule has 8 rings (SSSR count). The van der Waals surface area contributed by atoms with Crippen LogP contribution in [0.5, 0.6) is 0 Å². The van der Waals surface area contributed by atoms with Crippen LogP contribution in [0.2, 0.25) is 0 Å². The van der Waals surface area contributed by atoms with Crippen LogP contribution in [0.25, 0.3) is 10.9 Å². The molecule has 0 saturated heterocycles. The maximum Gasteiger partial charge on any atom is 0.243 e. The first kappa shape index (κ1) is 58.0. The third-order valence-corrected chi connectivity index (χ3v) is 14.2. The second kappa shape index (κ2) is 28.0. The number of fused-ring (bicyclic) bond motifs is 1. The molecule has 74 heavy (non-hydrogen) atoms. The third-order valence-electron chi connectivity index (χ3n) is 11.6. The molecule has 0 bridgehead atoms. The lowest BCUT2D eigenvalue weighted by molar-refractivity contribution is -0.697. The molecular formula is C55H65N7O9S3. The highest BCUT2D eigenvalue weighted by Gasteiger charge is 2.12. The summed E-state index contributed by atoms with van der Waals surface area (Å²) >= 11 is 0. The molecule has 0 aliphatic rings. The van der Waals surface area contributed by atoms with Gasteiger partial charge in [-0.25, -0.2) is 43.5 Å². The molecule has 0 unspecified atom stereocenters. The van der Waals surface area contributed by atoms with Crippen LogP contribution in [-0.2, 0) is 63.6 Å². The number of aryl methyl sites for hydroxylation is 8. The predicted molar refractivity (Wildman–Crippen MR) is 282 cm³/mol. The van der Waals surface area contributed by atoms with E-state index in [1.54, 1.807) is 36.4 Å². The molecule has 3 aromatic heterocycles. The Balaban J connectivity index is 0.000000245. The van der Waals surface area contributed by atoms with Crippen molar-refractivity contribution in [2.75, 3.05) is 12.1 Å². The Labute approximate surface area is 436 Å². The number of anilines is 1. The SMILES string of the molecule is CN(/N=C/c1cc[n+](CCCCCC[n+]2ccn(CCCCn3cc[n+](C)c3)c2)c2ccccc12)c1ccccc1.Cc1ccc(S(=O)(=O)[O-])cc1.Cc1ccc(S(=O)(=O)[O-])cc1.Cc1ccc(S(=O)(=O)[O-])cc1. The van der Waals surface area contributed by atoms with Crippen molar-refractivity contribution in [3.8, 4) is 0 Å². The lowest BCUT2D eigenvalue weighted by Crippen LogP contribution is -2.34. The number of hydrogen-bond donors (Lipinski definition) is 0. The Morgan fingerprint density at radius 1 is 0.527 bits per heavy atom. The van der Waals surface area contributed by atoms with Gasteiger partial charge in [-0.05, 0) is 107 Å². The fourth-order valence-corrected chi connectivity index (χ4v) is 8.85. The number of hydrogen-bond acceptors (Lipinski definition) is 11. The number of aromatic nitrogens is 5. The number of hydrazone groups is 1. The van der Waals surface area contributed by atoms with Crippen molar-refractivity contribution in [2.45, 2.75) is 100 Å². The van der Waals surface area contributed by atoms with Crippen molar-refractivity contribution >= 4 is 53.2 Å². The van der Waals surface area contributed by atoms with E-state index < -0.39 is 30.4 Å². The summed E-state index contributed by atoms with van der Waals surface area (Å²) in [4.78, 5) is -0.533. The molecule has 0 N–H and O–H groups in total. The van der Waals surface area contributed by atoms with Gasteiger partial charge in [0.05, 0.1) is 58.7 Å². The number of para-hydroxylation sites is 2. The Bertz CT molecular complexity index is 3190. The number of imidazole rings is 2. The molecule has 392 valence electrons. The molecular weight excluding hydrogens is 999 g/mol. The van der Waals surface area contributed by atoms with Gasteiger partial charge in [0, 0.05) is 31.2 Å². The first-order valence-corrected chi connectivity index (χ1v) is 28.3. The van der Waals surface area contributed by atoms with E-state index in [2.05, 4.69) is 116 Å². The number of pyridine rings is 1. The van der Waals surface area contributed by atoms with Crippen LogP contribution in [0.15, 0.2) is 197 Å². The molecule has 0 aliphatic carbocycles. The fraction of sp³-hybridized carbons (Fsp3) is 0.273. The first-order valence-electron chi connectivity index (χ1n) is 24.0. The summed E-state index contributed by atoms with van der Waals surface area (Å²) in [5.74, 6) is 0. The lowest BCUT2D eigenvalue weighted by atomic mass is 10.1. The van der Waals surface area contributed by atoms with Crippen LogP contribution in [-0.4, -0.2) is 61.3 Å². The minimum Gasteiger partial charge on any atom is -0.744 e. The van der Waals surface area contributed by atoms with Crippen molar-refractivity contribution in [1.82, 2.24) is 9.13 Å². The molecule has 0 amide bonds. The zero-order chi connectivity index (χ0) is 53.7. The maximum atomic E-state index is 10.4. The molecule has 0 aliphatic heterocycles. The van der Waals surface area contributed by atoms with E-state index in [4.69, 9.17) is 5.10 Å². The topological polar surface area (TPSA) is 209 Å². The highest BCUT2D eigenvalue weighted by Crippen LogP contribution is 2.17. The number of unbranched alkanes of at least 4 members (excludes halogenated alkanes) is 4. The number of benzene rings is 5. The van der Waals surface area contributed by atoms with Crippen molar-refractivity contribution in [3.63, 3.8) is 0 Å². The Kier molecular flexibility index (Phi) is 21.9. The Morgan fingerprint density at radius 3 is 1.47 bits per heavy atom. The van der Waals surface area contributed by atoms with Gasteiger partial charge in [-0.1, -0.05) is 83.4 Å². The van der Waals surface area contributed by atoms with Gasteiger partial charge in [0.15, 0.2) is 6.20 Å². The second-order valence-corrected chi connectivity index (χ2v) is 21.9. The highest BCUT2D eigenvalue weighted by molar-refractivity contribution is 7.86. The Morgan fingerprint density at radius 2 is 0.986 bits per heavy atom. The van der Waals surface area contributed by atoms with Gasteiger partial charge in [0.1, 0.15) is 61.7 Å². The molecule has 16 nitrogen and oxygen atoms in total. The average molecular weight is 1060 g/mol. The van der Waals surface area contributed by atoms with Crippen LogP contribution in [0.4, 0.5) is 5.69 Å².